The number of aromatic nitrogens is 2. The van der Waals surface area contributed by atoms with Crippen molar-refractivity contribution < 1.29 is 22.2 Å². The van der Waals surface area contributed by atoms with E-state index in [9.17, 15) is 17.6 Å². The Kier molecular flexibility index (Phi) is 7.17. The maximum atomic E-state index is 14.0. The molecule has 0 bridgehead atoms. The Bertz CT molecular complexity index is 1320. The van der Waals surface area contributed by atoms with Crippen molar-refractivity contribution in [2.24, 2.45) is 5.92 Å². The van der Waals surface area contributed by atoms with E-state index in [4.69, 9.17) is 4.63 Å². The average Bonchev–Trinajstić information content (AvgIpc) is 3.38. The van der Waals surface area contributed by atoms with Crippen LogP contribution in [0.15, 0.2) is 52.0 Å². The van der Waals surface area contributed by atoms with Crippen LogP contribution in [0.2, 0.25) is 0 Å². The maximum absolute atomic E-state index is 14.0. The summed E-state index contributed by atoms with van der Waals surface area (Å²) in [7, 11) is -3.76. The lowest BCUT2D eigenvalue weighted by atomic mass is 9.97. The topological polar surface area (TPSA) is 112 Å². The first kappa shape index (κ1) is 24.6. The van der Waals surface area contributed by atoms with Gasteiger partial charge in [-0.15, -0.1) is 0 Å². The molecule has 5 rings (SSSR count). The first-order valence-corrected chi connectivity index (χ1v) is 13.6. The third kappa shape index (κ3) is 5.06. The van der Waals surface area contributed by atoms with Crippen molar-refractivity contribution in [3.05, 3.63) is 48.3 Å². The number of piperidine rings is 1. The molecule has 2 saturated heterocycles. The fourth-order valence-corrected chi connectivity index (χ4v) is 6.50. The van der Waals surface area contributed by atoms with Gasteiger partial charge in [0.05, 0.1) is 5.69 Å². The van der Waals surface area contributed by atoms with Gasteiger partial charge in [0.25, 0.3) is 0 Å². The third-order valence-electron chi connectivity index (χ3n) is 6.98. The number of nitrogens with zero attached hydrogens (tertiary/aromatic N) is 5. The molecule has 0 saturated carbocycles. The molecule has 1 amide bonds. The van der Waals surface area contributed by atoms with E-state index < -0.39 is 10.0 Å². The SMILES string of the molecule is O=C(NCCN1CCN(c2ccccc2F)CC1)C1CCN(S(=O)(=O)c2cccc3nonc23)CC1. The van der Waals surface area contributed by atoms with Crippen LogP contribution in [0.25, 0.3) is 11.0 Å². The number of anilines is 1. The molecule has 0 spiro atoms. The second kappa shape index (κ2) is 10.5. The van der Waals surface area contributed by atoms with Gasteiger partial charge in [0.1, 0.15) is 16.2 Å². The molecule has 3 aromatic rings. The van der Waals surface area contributed by atoms with Crippen molar-refractivity contribution in [1.82, 2.24) is 24.8 Å². The normalized spacial score (nSPS) is 18.5. The van der Waals surface area contributed by atoms with Crippen LogP contribution in [0.3, 0.4) is 0 Å². The molecular formula is C24H29FN6O4S. The van der Waals surface area contributed by atoms with Gasteiger partial charge >= 0.3 is 0 Å². The van der Waals surface area contributed by atoms with Gasteiger partial charge in [0.2, 0.25) is 15.9 Å². The zero-order valence-corrected chi connectivity index (χ0v) is 20.7. The summed E-state index contributed by atoms with van der Waals surface area (Å²) in [6, 6.07) is 11.6. The molecule has 2 fully saturated rings. The number of carbonyl (C=O) groups is 1. The quantitative estimate of drug-likeness (QED) is 0.505. The predicted molar refractivity (Wildman–Crippen MR) is 131 cm³/mol. The van der Waals surface area contributed by atoms with Crippen molar-refractivity contribution in [1.29, 1.82) is 0 Å². The van der Waals surface area contributed by atoms with E-state index in [1.807, 2.05) is 11.0 Å². The van der Waals surface area contributed by atoms with E-state index in [0.29, 0.717) is 30.6 Å². The lowest BCUT2D eigenvalue weighted by Gasteiger charge is -2.36. The molecular weight excluding hydrogens is 487 g/mol. The molecule has 1 aromatic heterocycles. The zero-order valence-electron chi connectivity index (χ0n) is 19.8. The number of hydrogen-bond donors (Lipinski definition) is 1. The first-order chi connectivity index (χ1) is 17.4. The Balaban J connectivity index is 1.06. The van der Waals surface area contributed by atoms with Gasteiger partial charge in [0, 0.05) is 58.3 Å². The standard InChI is InChI=1S/C24H29FN6O4S/c25-19-4-1-2-6-21(19)30-16-14-29(15-17-30)13-10-26-24(32)18-8-11-31(12-9-18)36(33,34)22-7-3-5-20-23(22)28-35-27-20/h1-7,18H,8-17H2,(H,26,32). The summed E-state index contributed by atoms with van der Waals surface area (Å²) < 4.78 is 46.4. The highest BCUT2D eigenvalue weighted by atomic mass is 32.2. The van der Waals surface area contributed by atoms with Crippen molar-refractivity contribution in [2.75, 3.05) is 57.3 Å². The van der Waals surface area contributed by atoms with E-state index in [-0.39, 0.29) is 41.1 Å². The van der Waals surface area contributed by atoms with E-state index in [0.717, 1.165) is 32.7 Å². The summed E-state index contributed by atoms with van der Waals surface area (Å²) in [6.45, 7) is 4.85. The molecule has 0 radical (unpaired) electrons. The fourth-order valence-electron chi connectivity index (χ4n) is 4.89. The predicted octanol–water partition coefficient (Wildman–Crippen LogP) is 1.70. The van der Waals surface area contributed by atoms with Crippen LogP contribution in [0.4, 0.5) is 10.1 Å². The number of halogens is 1. The Hall–Kier alpha value is -3.09. The minimum absolute atomic E-state index is 0.0418. The molecule has 192 valence electrons. The number of piperazine rings is 1. The molecule has 1 N–H and O–H groups in total. The lowest BCUT2D eigenvalue weighted by molar-refractivity contribution is -0.126. The number of hydrogen-bond acceptors (Lipinski definition) is 8. The van der Waals surface area contributed by atoms with E-state index >= 15 is 0 Å². The van der Waals surface area contributed by atoms with Crippen LogP contribution in [-0.2, 0) is 14.8 Å². The Labute approximate surface area is 209 Å². The number of fused-ring (bicyclic) bond motifs is 1. The third-order valence-corrected chi connectivity index (χ3v) is 8.91. The molecule has 12 heteroatoms. The van der Waals surface area contributed by atoms with Crippen molar-refractivity contribution >= 4 is 32.7 Å². The molecule has 10 nitrogen and oxygen atoms in total. The van der Waals surface area contributed by atoms with Gasteiger partial charge in [0.15, 0.2) is 5.52 Å². The van der Waals surface area contributed by atoms with Crippen LogP contribution in [0, 0.1) is 11.7 Å². The first-order valence-electron chi connectivity index (χ1n) is 12.1. The summed E-state index contributed by atoms with van der Waals surface area (Å²) >= 11 is 0. The molecule has 3 heterocycles. The van der Waals surface area contributed by atoms with Gasteiger partial charge in [-0.2, -0.15) is 4.31 Å². The molecule has 0 aliphatic carbocycles. The molecule has 2 aromatic carbocycles. The number of benzene rings is 2. The lowest BCUT2D eigenvalue weighted by Crippen LogP contribution is -2.49. The van der Waals surface area contributed by atoms with Crippen LogP contribution in [-0.4, -0.2) is 86.2 Å². The number of carbonyl (C=O) groups excluding carboxylic acids is 1. The van der Waals surface area contributed by atoms with Gasteiger partial charge in [-0.3, -0.25) is 9.69 Å². The largest absolute Gasteiger partial charge is 0.367 e. The number of amides is 1. The van der Waals surface area contributed by atoms with Gasteiger partial charge in [-0.25, -0.2) is 17.4 Å². The van der Waals surface area contributed by atoms with Crippen LogP contribution in [0.5, 0.6) is 0 Å². The molecule has 36 heavy (non-hydrogen) atoms. The van der Waals surface area contributed by atoms with E-state index in [1.54, 1.807) is 24.3 Å². The highest BCUT2D eigenvalue weighted by Gasteiger charge is 2.33. The van der Waals surface area contributed by atoms with Crippen LogP contribution in [0.1, 0.15) is 12.8 Å². The van der Waals surface area contributed by atoms with Crippen LogP contribution < -0.4 is 10.2 Å². The second-order valence-corrected chi connectivity index (χ2v) is 11.0. The number of nitrogens with one attached hydrogen (secondary N) is 1. The minimum Gasteiger partial charge on any atom is -0.367 e. The monoisotopic (exact) mass is 516 g/mol. The molecule has 2 aliphatic heterocycles. The minimum atomic E-state index is -3.76. The van der Waals surface area contributed by atoms with Crippen molar-refractivity contribution in [3.63, 3.8) is 0 Å². The van der Waals surface area contributed by atoms with Gasteiger partial charge in [-0.05, 0) is 47.4 Å². The second-order valence-electron chi connectivity index (χ2n) is 9.14. The summed E-state index contributed by atoms with van der Waals surface area (Å²) in [4.78, 5) is 17.1. The van der Waals surface area contributed by atoms with Gasteiger partial charge < -0.3 is 10.2 Å². The summed E-state index contributed by atoms with van der Waals surface area (Å²) in [5, 5.41) is 10.5. The molecule has 2 aliphatic rings. The Morgan fingerprint density at radius 3 is 2.50 bits per heavy atom. The Morgan fingerprint density at radius 2 is 1.75 bits per heavy atom. The average molecular weight is 517 g/mol. The highest BCUT2D eigenvalue weighted by molar-refractivity contribution is 7.89. The Morgan fingerprint density at radius 1 is 1.00 bits per heavy atom. The van der Waals surface area contributed by atoms with E-state index in [1.165, 1.54) is 16.4 Å². The molecule has 0 atom stereocenters. The highest BCUT2D eigenvalue weighted by Crippen LogP contribution is 2.27. The fraction of sp³-hybridized carbons (Fsp3) is 0.458. The van der Waals surface area contributed by atoms with Gasteiger partial charge in [-0.1, -0.05) is 18.2 Å². The van der Waals surface area contributed by atoms with E-state index in [2.05, 4.69) is 20.5 Å². The van der Waals surface area contributed by atoms with Crippen LogP contribution >= 0.6 is 0 Å². The maximum Gasteiger partial charge on any atom is 0.245 e. The van der Waals surface area contributed by atoms with Crippen molar-refractivity contribution in [3.8, 4) is 0 Å². The summed E-state index contributed by atoms with van der Waals surface area (Å²) in [5.41, 5.74) is 1.24. The number of sulfonamides is 1. The zero-order chi connectivity index (χ0) is 25.1. The smallest absolute Gasteiger partial charge is 0.245 e. The van der Waals surface area contributed by atoms with Crippen molar-refractivity contribution in [2.45, 2.75) is 17.7 Å². The summed E-state index contributed by atoms with van der Waals surface area (Å²) in [5.74, 6) is -0.469. The number of para-hydroxylation sites is 1. The molecule has 0 unspecified atom stereocenters. The summed E-state index contributed by atoms with van der Waals surface area (Å²) in [6.07, 6.45) is 0.916. The number of rotatable bonds is 7.